The number of ether oxygens (including phenoxy) is 1. The summed E-state index contributed by atoms with van der Waals surface area (Å²) in [6, 6.07) is 14.0. The van der Waals surface area contributed by atoms with Crippen molar-refractivity contribution in [3.05, 3.63) is 70.0 Å². The number of hydrogen-bond donors (Lipinski definition) is 2. The molecule has 0 aliphatic carbocycles. The molecule has 0 radical (unpaired) electrons. The molecule has 0 aliphatic heterocycles. The van der Waals surface area contributed by atoms with Crippen LogP contribution in [0.5, 0.6) is 5.75 Å². The third-order valence-electron chi connectivity index (χ3n) is 4.65. The van der Waals surface area contributed by atoms with E-state index in [2.05, 4.69) is 5.32 Å². The normalized spacial score (nSPS) is 10.7. The second-order valence-electron chi connectivity index (χ2n) is 6.70. The van der Waals surface area contributed by atoms with Crippen LogP contribution in [0.15, 0.2) is 53.3 Å². The van der Waals surface area contributed by atoms with Crippen LogP contribution in [0.1, 0.15) is 35.7 Å². The maximum absolute atomic E-state index is 12.9. The number of nitrogens with zero attached hydrogens (tertiary/aromatic N) is 1. The number of primary amides is 1. The standard InChI is InChI=1S/C22H23N3O4/c1-3-5-20(26)24-18-6-4-7-19-16(18)12-17(21(23)27)22(28)25(19)13-14-8-10-15(29-2)11-9-14/h4,6-12H,3,5,13H2,1-2H3,(H2,23,27)(H,24,26). The zero-order valence-corrected chi connectivity index (χ0v) is 16.4. The van der Waals surface area contributed by atoms with E-state index in [0.717, 1.165) is 5.56 Å². The van der Waals surface area contributed by atoms with Crippen molar-refractivity contribution in [3.63, 3.8) is 0 Å². The lowest BCUT2D eigenvalue weighted by Crippen LogP contribution is -2.30. The number of benzene rings is 2. The number of anilines is 1. The molecule has 7 heteroatoms. The van der Waals surface area contributed by atoms with Crippen LogP contribution in [-0.2, 0) is 11.3 Å². The van der Waals surface area contributed by atoms with Crippen molar-refractivity contribution in [2.75, 3.05) is 12.4 Å². The Hall–Kier alpha value is -3.61. The van der Waals surface area contributed by atoms with Gasteiger partial charge in [-0.1, -0.05) is 25.1 Å². The van der Waals surface area contributed by atoms with Crippen LogP contribution in [0, 0.1) is 0 Å². The van der Waals surface area contributed by atoms with Crippen LogP contribution in [0.25, 0.3) is 10.9 Å². The Kier molecular flexibility index (Phi) is 5.97. The minimum Gasteiger partial charge on any atom is -0.497 e. The number of nitrogens with two attached hydrogens (primary N) is 1. The van der Waals surface area contributed by atoms with E-state index in [1.54, 1.807) is 37.4 Å². The minimum absolute atomic E-state index is 0.122. The molecule has 3 N–H and O–H groups in total. The average Bonchev–Trinajstić information content (AvgIpc) is 2.70. The van der Waals surface area contributed by atoms with Crippen LogP contribution >= 0.6 is 0 Å². The summed E-state index contributed by atoms with van der Waals surface area (Å²) >= 11 is 0. The summed E-state index contributed by atoms with van der Waals surface area (Å²) in [4.78, 5) is 36.9. The van der Waals surface area contributed by atoms with Crippen LogP contribution in [0.4, 0.5) is 5.69 Å². The number of carbonyl (C=O) groups excluding carboxylic acids is 2. The van der Waals surface area contributed by atoms with Crippen LogP contribution in [0.2, 0.25) is 0 Å². The Morgan fingerprint density at radius 3 is 2.48 bits per heavy atom. The van der Waals surface area contributed by atoms with Crippen LogP contribution in [-0.4, -0.2) is 23.5 Å². The number of methoxy groups -OCH3 is 1. The second-order valence-corrected chi connectivity index (χ2v) is 6.70. The predicted molar refractivity (Wildman–Crippen MR) is 112 cm³/mol. The highest BCUT2D eigenvalue weighted by Gasteiger charge is 2.16. The SMILES string of the molecule is CCCC(=O)Nc1cccc2c1cc(C(N)=O)c(=O)n2Cc1ccc(OC)cc1. The lowest BCUT2D eigenvalue weighted by atomic mass is 10.1. The van der Waals surface area contributed by atoms with Crippen LogP contribution < -0.4 is 21.3 Å². The number of rotatable bonds is 7. The van der Waals surface area contributed by atoms with E-state index in [1.165, 1.54) is 10.6 Å². The molecule has 2 aromatic carbocycles. The summed E-state index contributed by atoms with van der Waals surface area (Å²) in [7, 11) is 1.58. The molecule has 1 aromatic heterocycles. The minimum atomic E-state index is -0.810. The van der Waals surface area contributed by atoms with Crippen molar-refractivity contribution in [2.24, 2.45) is 5.73 Å². The van der Waals surface area contributed by atoms with Gasteiger partial charge in [-0.15, -0.1) is 0 Å². The Bertz CT molecular complexity index is 1120. The van der Waals surface area contributed by atoms with E-state index in [4.69, 9.17) is 10.5 Å². The zero-order chi connectivity index (χ0) is 21.0. The molecule has 29 heavy (non-hydrogen) atoms. The van der Waals surface area contributed by atoms with E-state index in [-0.39, 0.29) is 18.0 Å². The van der Waals surface area contributed by atoms with Gasteiger partial charge in [0.15, 0.2) is 0 Å². The molecule has 0 aliphatic rings. The predicted octanol–water partition coefficient (Wildman–Crippen LogP) is 2.90. The zero-order valence-electron chi connectivity index (χ0n) is 16.4. The smallest absolute Gasteiger partial charge is 0.264 e. The number of hydrogen-bond acceptors (Lipinski definition) is 4. The number of carbonyl (C=O) groups is 2. The molecule has 0 bridgehead atoms. The molecule has 0 fully saturated rings. The van der Waals surface area contributed by atoms with E-state index in [1.807, 2.05) is 19.1 Å². The molecule has 2 amide bonds. The Morgan fingerprint density at radius 1 is 1.14 bits per heavy atom. The van der Waals surface area contributed by atoms with Gasteiger partial charge in [0.2, 0.25) is 5.91 Å². The lowest BCUT2D eigenvalue weighted by Gasteiger charge is -2.15. The molecule has 0 saturated heterocycles. The van der Waals surface area contributed by atoms with Crippen molar-refractivity contribution < 1.29 is 14.3 Å². The van der Waals surface area contributed by atoms with Gasteiger partial charge in [0.25, 0.3) is 11.5 Å². The fraction of sp³-hybridized carbons (Fsp3) is 0.227. The first-order chi connectivity index (χ1) is 13.9. The molecule has 0 unspecified atom stereocenters. The number of amides is 2. The Balaban J connectivity index is 2.16. The quantitative estimate of drug-likeness (QED) is 0.644. The van der Waals surface area contributed by atoms with Gasteiger partial charge in [0.1, 0.15) is 11.3 Å². The van der Waals surface area contributed by atoms with Gasteiger partial charge in [-0.05, 0) is 42.3 Å². The fourth-order valence-electron chi connectivity index (χ4n) is 3.20. The van der Waals surface area contributed by atoms with Gasteiger partial charge >= 0.3 is 0 Å². The third kappa shape index (κ3) is 4.29. The molecular weight excluding hydrogens is 370 g/mol. The van der Waals surface area contributed by atoms with E-state index >= 15 is 0 Å². The van der Waals surface area contributed by atoms with Gasteiger partial charge < -0.3 is 20.4 Å². The number of fused-ring (bicyclic) bond motifs is 1. The van der Waals surface area contributed by atoms with Crippen molar-refractivity contribution in [2.45, 2.75) is 26.3 Å². The molecule has 3 rings (SSSR count). The van der Waals surface area contributed by atoms with Crippen molar-refractivity contribution in [1.82, 2.24) is 4.57 Å². The summed E-state index contributed by atoms with van der Waals surface area (Å²) in [6.07, 6.45) is 1.09. The largest absolute Gasteiger partial charge is 0.497 e. The average molecular weight is 393 g/mol. The number of aromatic nitrogens is 1. The Labute approximate surface area is 168 Å². The summed E-state index contributed by atoms with van der Waals surface area (Å²) < 4.78 is 6.66. The molecule has 150 valence electrons. The molecule has 0 spiro atoms. The topological polar surface area (TPSA) is 103 Å². The lowest BCUT2D eigenvalue weighted by molar-refractivity contribution is -0.116. The molecule has 0 atom stereocenters. The van der Waals surface area contributed by atoms with Gasteiger partial charge in [0, 0.05) is 11.8 Å². The second kappa shape index (κ2) is 8.60. The first kappa shape index (κ1) is 20.1. The summed E-state index contributed by atoms with van der Waals surface area (Å²) in [5.74, 6) is -0.235. The van der Waals surface area contributed by atoms with Crippen molar-refractivity contribution in [1.29, 1.82) is 0 Å². The monoisotopic (exact) mass is 393 g/mol. The number of nitrogens with one attached hydrogen (secondary N) is 1. The van der Waals surface area contributed by atoms with Crippen molar-refractivity contribution >= 4 is 28.4 Å². The van der Waals surface area contributed by atoms with Gasteiger partial charge in [0.05, 0.1) is 24.9 Å². The van der Waals surface area contributed by atoms with E-state index < -0.39 is 11.5 Å². The first-order valence-corrected chi connectivity index (χ1v) is 9.33. The highest BCUT2D eigenvalue weighted by molar-refractivity contribution is 6.04. The summed E-state index contributed by atoms with van der Waals surface area (Å²) in [5, 5.41) is 3.44. The van der Waals surface area contributed by atoms with Crippen molar-refractivity contribution in [3.8, 4) is 5.75 Å². The first-order valence-electron chi connectivity index (χ1n) is 9.33. The third-order valence-corrected chi connectivity index (χ3v) is 4.65. The van der Waals surface area contributed by atoms with E-state index in [0.29, 0.717) is 35.2 Å². The summed E-state index contributed by atoms with van der Waals surface area (Å²) in [6.45, 7) is 2.16. The van der Waals surface area contributed by atoms with Gasteiger partial charge in [-0.3, -0.25) is 14.4 Å². The summed E-state index contributed by atoms with van der Waals surface area (Å²) in [5.41, 5.74) is 6.85. The maximum atomic E-state index is 12.9. The number of pyridine rings is 1. The molecule has 7 nitrogen and oxygen atoms in total. The van der Waals surface area contributed by atoms with Crippen LogP contribution in [0.3, 0.4) is 0 Å². The molecule has 3 aromatic rings. The van der Waals surface area contributed by atoms with Gasteiger partial charge in [-0.25, -0.2) is 0 Å². The van der Waals surface area contributed by atoms with Gasteiger partial charge in [-0.2, -0.15) is 0 Å². The Morgan fingerprint density at radius 2 is 1.86 bits per heavy atom. The molecular formula is C22H23N3O4. The highest BCUT2D eigenvalue weighted by atomic mass is 16.5. The maximum Gasteiger partial charge on any atom is 0.264 e. The molecule has 0 saturated carbocycles. The highest BCUT2D eigenvalue weighted by Crippen LogP contribution is 2.24. The van der Waals surface area contributed by atoms with E-state index in [9.17, 15) is 14.4 Å². The fourth-order valence-corrected chi connectivity index (χ4v) is 3.20. The molecule has 1 heterocycles.